The molecule has 106 valence electrons. The second kappa shape index (κ2) is 5.44. The fourth-order valence-electron chi connectivity index (χ4n) is 2.08. The van der Waals surface area contributed by atoms with Gasteiger partial charge in [-0.25, -0.2) is 17.5 Å². The second-order valence-corrected chi connectivity index (χ2v) is 6.46. The highest BCUT2D eigenvalue weighted by Crippen LogP contribution is 2.21. The highest BCUT2D eigenvalue weighted by molar-refractivity contribution is 7.89. The van der Waals surface area contributed by atoms with Crippen molar-refractivity contribution >= 4 is 15.7 Å². The minimum absolute atomic E-state index is 0.0280. The molecule has 0 bridgehead atoms. The summed E-state index contributed by atoms with van der Waals surface area (Å²) in [7, 11) is -3.74. The van der Waals surface area contributed by atoms with Crippen LogP contribution in [0.5, 0.6) is 0 Å². The van der Waals surface area contributed by atoms with Gasteiger partial charge in [0.25, 0.3) is 0 Å². The highest BCUT2D eigenvalue weighted by Gasteiger charge is 2.26. The molecule has 1 aliphatic heterocycles. The van der Waals surface area contributed by atoms with Gasteiger partial charge in [-0.05, 0) is 31.5 Å². The highest BCUT2D eigenvalue weighted by atomic mass is 32.2. The van der Waals surface area contributed by atoms with Crippen molar-refractivity contribution < 1.29 is 17.5 Å². The Kier molecular flexibility index (Phi) is 4.07. The third kappa shape index (κ3) is 3.43. The summed E-state index contributed by atoms with van der Waals surface area (Å²) in [4.78, 5) is -0.156. The van der Waals surface area contributed by atoms with E-state index in [1.807, 2.05) is 6.92 Å². The van der Waals surface area contributed by atoms with E-state index in [0.717, 1.165) is 18.6 Å². The van der Waals surface area contributed by atoms with Gasteiger partial charge >= 0.3 is 0 Å². The molecule has 2 atom stereocenters. The molecular weight excluding hydrogens is 271 g/mol. The molecule has 1 saturated heterocycles. The van der Waals surface area contributed by atoms with Crippen LogP contribution in [0.2, 0.25) is 0 Å². The maximum atomic E-state index is 13.2. The summed E-state index contributed by atoms with van der Waals surface area (Å²) in [6, 6.07) is 3.26. The third-order valence-corrected chi connectivity index (χ3v) is 4.68. The van der Waals surface area contributed by atoms with E-state index in [4.69, 9.17) is 10.5 Å². The molecule has 2 unspecified atom stereocenters. The molecule has 0 spiro atoms. The van der Waals surface area contributed by atoms with E-state index in [1.165, 1.54) is 6.07 Å². The quantitative estimate of drug-likeness (QED) is 0.813. The van der Waals surface area contributed by atoms with Crippen LogP contribution in [0, 0.1) is 11.7 Å². The number of rotatable bonds is 4. The lowest BCUT2D eigenvalue weighted by atomic mass is 10.0. The van der Waals surface area contributed by atoms with Gasteiger partial charge in [-0.3, -0.25) is 0 Å². The SMILES string of the molecule is CC1OCCC1CNS(=O)(=O)c1cc(N)cc(F)c1. The Morgan fingerprint density at radius 3 is 2.79 bits per heavy atom. The molecule has 0 aliphatic carbocycles. The summed E-state index contributed by atoms with van der Waals surface area (Å²) < 4.78 is 45.1. The van der Waals surface area contributed by atoms with Crippen molar-refractivity contribution in [2.24, 2.45) is 5.92 Å². The van der Waals surface area contributed by atoms with Crippen LogP contribution in [-0.4, -0.2) is 27.7 Å². The minimum Gasteiger partial charge on any atom is -0.399 e. The third-order valence-electron chi connectivity index (χ3n) is 3.27. The van der Waals surface area contributed by atoms with Crippen LogP contribution in [0.1, 0.15) is 13.3 Å². The van der Waals surface area contributed by atoms with Crippen LogP contribution in [0.15, 0.2) is 23.1 Å². The van der Waals surface area contributed by atoms with Gasteiger partial charge in [0, 0.05) is 24.8 Å². The van der Waals surface area contributed by atoms with Gasteiger partial charge in [0.2, 0.25) is 10.0 Å². The fraction of sp³-hybridized carbons (Fsp3) is 0.500. The Labute approximate surface area is 112 Å². The number of ether oxygens (including phenoxy) is 1. The number of benzene rings is 1. The molecule has 5 nitrogen and oxygen atoms in total. The van der Waals surface area contributed by atoms with Crippen LogP contribution in [0.25, 0.3) is 0 Å². The van der Waals surface area contributed by atoms with Gasteiger partial charge in [-0.2, -0.15) is 0 Å². The Hall–Kier alpha value is -1.18. The second-order valence-electron chi connectivity index (χ2n) is 4.70. The Balaban J connectivity index is 2.09. The monoisotopic (exact) mass is 288 g/mol. The Morgan fingerprint density at radius 2 is 2.21 bits per heavy atom. The number of nitrogens with two attached hydrogens (primary N) is 1. The molecule has 1 fully saturated rings. The topological polar surface area (TPSA) is 81.4 Å². The molecule has 1 aromatic carbocycles. The smallest absolute Gasteiger partial charge is 0.240 e. The van der Waals surface area contributed by atoms with Crippen molar-refractivity contribution in [1.82, 2.24) is 4.72 Å². The van der Waals surface area contributed by atoms with Crippen LogP contribution in [0.4, 0.5) is 10.1 Å². The van der Waals surface area contributed by atoms with Gasteiger partial charge in [0.1, 0.15) is 5.82 Å². The van der Waals surface area contributed by atoms with Crippen LogP contribution in [-0.2, 0) is 14.8 Å². The van der Waals surface area contributed by atoms with E-state index >= 15 is 0 Å². The summed E-state index contributed by atoms with van der Waals surface area (Å²) in [5.74, 6) is -0.529. The maximum Gasteiger partial charge on any atom is 0.240 e. The fourth-order valence-corrected chi connectivity index (χ4v) is 3.24. The molecule has 0 saturated carbocycles. The van der Waals surface area contributed by atoms with E-state index in [2.05, 4.69) is 4.72 Å². The van der Waals surface area contributed by atoms with Crippen molar-refractivity contribution in [3.05, 3.63) is 24.0 Å². The normalized spacial score (nSPS) is 23.7. The lowest BCUT2D eigenvalue weighted by Crippen LogP contribution is -2.32. The maximum absolute atomic E-state index is 13.2. The van der Waals surface area contributed by atoms with Crippen molar-refractivity contribution in [3.8, 4) is 0 Å². The first-order chi connectivity index (χ1) is 8.88. The number of nitrogens with one attached hydrogen (secondary N) is 1. The average Bonchev–Trinajstić information content (AvgIpc) is 2.71. The van der Waals surface area contributed by atoms with Gasteiger partial charge in [0.15, 0.2) is 0 Å². The van der Waals surface area contributed by atoms with Crippen LogP contribution >= 0.6 is 0 Å². The summed E-state index contributed by atoms with van der Waals surface area (Å²) in [5.41, 5.74) is 5.53. The predicted octanol–water partition coefficient (Wildman–Crippen LogP) is 1.11. The summed E-state index contributed by atoms with van der Waals surface area (Å²) in [6.07, 6.45) is 0.842. The number of hydrogen-bond acceptors (Lipinski definition) is 4. The van der Waals surface area contributed by atoms with Crippen molar-refractivity contribution in [3.63, 3.8) is 0 Å². The summed E-state index contributed by atoms with van der Waals surface area (Å²) >= 11 is 0. The molecule has 2 rings (SSSR count). The largest absolute Gasteiger partial charge is 0.399 e. The molecule has 1 heterocycles. The van der Waals surface area contributed by atoms with E-state index in [1.54, 1.807) is 0 Å². The van der Waals surface area contributed by atoms with E-state index in [9.17, 15) is 12.8 Å². The molecule has 0 radical (unpaired) electrons. The molecule has 19 heavy (non-hydrogen) atoms. The van der Waals surface area contributed by atoms with Gasteiger partial charge < -0.3 is 10.5 Å². The predicted molar refractivity (Wildman–Crippen MR) is 69.5 cm³/mol. The first-order valence-corrected chi connectivity index (χ1v) is 7.54. The standard InChI is InChI=1S/C12H17FN2O3S/c1-8-9(2-3-18-8)7-15-19(16,17)12-5-10(13)4-11(14)6-12/h4-6,8-9,15H,2-3,7,14H2,1H3. The zero-order valence-corrected chi connectivity index (χ0v) is 11.4. The van der Waals surface area contributed by atoms with E-state index in [-0.39, 0.29) is 29.1 Å². The minimum atomic E-state index is -3.74. The zero-order chi connectivity index (χ0) is 14.0. The van der Waals surface area contributed by atoms with E-state index in [0.29, 0.717) is 6.61 Å². The molecule has 1 aromatic rings. The number of sulfonamides is 1. The molecular formula is C12H17FN2O3S. The van der Waals surface area contributed by atoms with Crippen LogP contribution in [0.3, 0.4) is 0 Å². The lowest BCUT2D eigenvalue weighted by Gasteiger charge is -2.15. The van der Waals surface area contributed by atoms with Gasteiger partial charge in [0.05, 0.1) is 11.0 Å². The van der Waals surface area contributed by atoms with Crippen LogP contribution < -0.4 is 10.5 Å². The molecule has 0 amide bonds. The number of nitrogen functional groups attached to an aromatic ring is 1. The number of anilines is 1. The average molecular weight is 288 g/mol. The molecule has 1 aliphatic rings. The van der Waals surface area contributed by atoms with Crippen molar-refractivity contribution in [1.29, 1.82) is 0 Å². The first-order valence-electron chi connectivity index (χ1n) is 6.06. The number of hydrogen-bond donors (Lipinski definition) is 2. The van der Waals surface area contributed by atoms with Gasteiger partial charge in [-0.1, -0.05) is 0 Å². The first kappa shape index (κ1) is 14.2. The zero-order valence-electron chi connectivity index (χ0n) is 10.6. The van der Waals surface area contributed by atoms with Gasteiger partial charge in [-0.15, -0.1) is 0 Å². The van der Waals surface area contributed by atoms with Crippen molar-refractivity contribution in [2.45, 2.75) is 24.3 Å². The lowest BCUT2D eigenvalue weighted by molar-refractivity contribution is 0.107. The molecule has 0 aromatic heterocycles. The van der Waals surface area contributed by atoms with E-state index < -0.39 is 15.8 Å². The van der Waals surface area contributed by atoms with Crippen molar-refractivity contribution in [2.75, 3.05) is 18.9 Å². The Bertz CT molecular complexity index is 542. The summed E-state index contributed by atoms with van der Waals surface area (Å²) in [6.45, 7) is 2.83. The number of halogens is 1. The Morgan fingerprint density at radius 1 is 1.47 bits per heavy atom. The molecule has 3 N–H and O–H groups in total. The molecule has 7 heteroatoms. The summed E-state index contributed by atoms with van der Waals surface area (Å²) in [5, 5.41) is 0.